The molecule has 13 heteroatoms. The largest absolute Gasteiger partial charge is 0.416 e. The minimum absolute atomic E-state index is 0.0425. The number of hydrogen-bond donors (Lipinski definition) is 1. The standard InChI is InChI=1S/C26H26ClF6N5O/c1-37(2)9-8-34-14-22-35-13-20(19-6-4-5-7-21(19)27)23(36-22)24(39)38(3)15-16-10-17(25(28,29)30)12-18(11-16)26(31,32)33/h4-7,10-13,34H,8-9,14-15H2,1-3H3. The van der Waals surface area contributed by atoms with Crippen LogP contribution in [0.2, 0.25) is 5.02 Å². The third-order valence-electron chi connectivity index (χ3n) is 5.64. The summed E-state index contributed by atoms with van der Waals surface area (Å²) in [7, 11) is 5.08. The average molecular weight is 574 g/mol. The van der Waals surface area contributed by atoms with E-state index >= 15 is 0 Å². The molecule has 0 saturated carbocycles. The van der Waals surface area contributed by atoms with Gasteiger partial charge in [0.05, 0.1) is 17.7 Å². The van der Waals surface area contributed by atoms with Crippen LogP contribution in [0.5, 0.6) is 0 Å². The summed E-state index contributed by atoms with van der Waals surface area (Å²) in [6.07, 6.45) is -8.59. The van der Waals surface area contributed by atoms with Crippen molar-refractivity contribution < 1.29 is 31.1 Å². The van der Waals surface area contributed by atoms with Crippen molar-refractivity contribution in [2.45, 2.75) is 25.4 Å². The summed E-state index contributed by atoms with van der Waals surface area (Å²) in [6.45, 7) is 1.05. The van der Waals surface area contributed by atoms with Crippen LogP contribution in [0, 0.1) is 0 Å². The van der Waals surface area contributed by atoms with Crippen LogP contribution >= 0.6 is 11.6 Å². The highest BCUT2D eigenvalue weighted by atomic mass is 35.5. The quantitative estimate of drug-likeness (QED) is 0.261. The second-order valence-corrected chi connectivity index (χ2v) is 9.49. The number of hydrogen-bond acceptors (Lipinski definition) is 5. The molecule has 0 unspecified atom stereocenters. The predicted molar refractivity (Wildman–Crippen MR) is 135 cm³/mol. The summed E-state index contributed by atoms with van der Waals surface area (Å²) in [5.41, 5.74) is -2.63. The number of benzene rings is 2. The van der Waals surface area contributed by atoms with E-state index in [1.165, 1.54) is 13.2 Å². The number of nitrogens with zero attached hydrogens (tertiary/aromatic N) is 4. The van der Waals surface area contributed by atoms with E-state index < -0.39 is 35.9 Å². The van der Waals surface area contributed by atoms with Gasteiger partial charge in [-0.25, -0.2) is 9.97 Å². The maximum absolute atomic E-state index is 13.5. The molecule has 0 bridgehead atoms. The van der Waals surface area contributed by atoms with E-state index in [-0.39, 0.29) is 35.3 Å². The van der Waals surface area contributed by atoms with Crippen molar-refractivity contribution in [3.05, 3.63) is 81.9 Å². The summed E-state index contributed by atoms with van der Waals surface area (Å²) in [5.74, 6) is -0.451. The molecule has 0 radical (unpaired) electrons. The van der Waals surface area contributed by atoms with Gasteiger partial charge in [0.1, 0.15) is 11.5 Å². The van der Waals surface area contributed by atoms with E-state index in [0.29, 0.717) is 29.3 Å². The number of likely N-dealkylation sites (N-methyl/N-ethyl adjacent to an activating group) is 1. The van der Waals surface area contributed by atoms with Crippen LogP contribution in [0.25, 0.3) is 11.1 Å². The highest BCUT2D eigenvalue weighted by Gasteiger charge is 2.37. The third-order valence-corrected chi connectivity index (χ3v) is 5.97. The smallest absolute Gasteiger partial charge is 0.336 e. The van der Waals surface area contributed by atoms with E-state index in [9.17, 15) is 31.1 Å². The van der Waals surface area contributed by atoms with Crippen molar-refractivity contribution >= 4 is 17.5 Å². The van der Waals surface area contributed by atoms with Gasteiger partial charge in [-0.05, 0) is 43.9 Å². The van der Waals surface area contributed by atoms with Gasteiger partial charge in [-0.3, -0.25) is 4.79 Å². The van der Waals surface area contributed by atoms with Crippen molar-refractivity contribution in [2.24, 2.45) is 0 Å². The summed E-state index contributed by atoms with van der Waals surface area (Å²) >= 11 is 6.33. The molecule has 3 rings (SSSR count). The third kappa shape index (κ3) is 8.13. The molecule has 0 aliphatic heterocycles. The van der Waals surface area contributed by atoms with E-state index in [1.54, 1.807) is 24.3 Å². The molecule has 0 aliphatic rings. The Morgan fingerprint density at radius 2 is 1.56 bits per heavy atom. The highest BCUT2D eigenvalue weighted by Crippen LogP contribution is 2.37. The molecule has 210 valence electrons. The zero-order chi connectivity index (χ0) is 29.0. The first-order valence-electron chi connectivity index (χ1n) is 11.7. The Morgan fingerprint density at radius 3 is 2.13 bits per heavy atom. The maximum Gasteiger partial charge on any atom is 0.416 e. The zero-order valence-corrected chi connectivity index (χ0v) is 22.0. The molecule has 0 atom stereocenters. The lowest BCUT2D eigenvalue weighted by molar-refractivity contribution is -0.143. The van der Waals surface area contributed by atoms with E-state index in [0.717, 1.165) is 11.4 Å². The molecule has 0 spiro atoms. The fourth-order valence-electron chi connectivity index (χ4n) is 3.68. The molecule has 3 aromatic rings. The summed E-state index contributed by atoms with van der Waals surface area (Å²) in [6, 6.07) is 7.86. The molecule has 1 amide bonds. The number of alkyl halides is 6. The van der Waals surface area contributed by atoms with Crippen LogP contribution in [0.4, 0.5) is 26.3 Å². The molecule has 39 heavy (non-hydrogen) atoms. The van der Waals surface area contributed by atoms with Crippen LogP contribution in [-0.2, 0) is 25.4 Å². The number of rotatable bonds is 9. The maximum atomic E-state index is 13.5. The Kier molecular flexibility index (Phi) is 9.57. The van der Waals surface area contributed by atoms with Crippen LogP contribution in [0.3, 0.4) is 0 Å². The number of nitrogens with one attached hydrogen (secondary N) is 1. The molecule has 0 fully saturated rings. The van der Waals surface area contributed by atoms with Gasteiger partial charge in [0.25, 0.3) is 5.91 Å². The average Bonchev–Trinajstić information content (AvgIpc) is 2.85. The Balaban J connectivity index is 1.97. The van der Waals surface area contributed by atoms with E-state index in [4.69, 9.17) is 11.6 Å². The Hall–Kier alpha value is -3.22. The van der Waals surface area contributed by atoms with Gasteiger partial charge in [-0.1, -0.05) is 29.8 Å². The Bertz CT molecular complexity index is 1280. The van der Waals surface area contributed by atoms with Crippen molar-refractivity contribution in [2.75, 3.05) is 34.2 Å². The molecule has 1 N–H and O–H groups in total. The topological polar surface area (TPSA) is 61.4 Å². The molecule has 1 aromatic heterocycles. The van der Waals surface area contributed by atoms with E-state index in [2.05, 4.69) is 15.3 Å². The van der Waals surface area contributed by atoms with Gasteiger partial charge in [0, 0.05) is 49.0 Å². The second kappa shape index (κ2) is 12.3. The summed E-state index contributed by atoms with van der Waals surface area (Å²) < 4.78 is 79.8. The van der Waals surface area contributed by atoms with Gasteiger partial charge in [0.15, 0.2) is 0 Å². The van der Waals surface area contributed by atoms with Gasteiger partial charge >= 0.3 is 12.4 Å². The lowest BCUT2D eigenvalue weighted by atomic mass is 10.0. The van der Waals surface area contributed by atoms with Crippen molar-refractivity contribution in [3.8, 4) is 11.1 Å². The summed E-state index contributed by atoms with van der Waals surface area (Å²) in [4.78, 5) is 25.2. The van der Waals surface area contributed by atoms with Gasteiger partial charge in [0.2, 0.25) is 0 Å². The molecule has 1 heterocycles. The first-order chi connectivity index (χ1) is 18.2. The van der Waals surface area contributed by atoms with Gasteiger partial charge in [-0.15, -0.1) is 0 Å². The van der Waals surface area contributed by atoms with Crippen LogP contribution < -0.4 is 5.32 Å². The molecular weight excluding hydrogens is 548 g/mol. The van der Waals surface area contributed by atoms with Crippen LogP contribution in [0.1, 0.15) is 33.0 Å². The number of carbonyl (C=O) groups is 1. The van der Waals surface area contributed by atoms with E-state index in [1.807, 2.05) is 19.0 Å². The van der Waals surface area contributed by atoms with Crippen molar-refractivity contribution in [3.63, 3.8) is 0 Å². The van der Waals surface area contributed by atoms with Crippen molar-refractivity contribution in [1.29, 1.82) is 0 Å². The number of amides is 1. The fourth-order valence-corrected chi connectivity index (χ4v) is 3.92. The highest BCUT2D eigenvalue weighted by molar-refractivity contribution is 6.33. The number of carbonyl (C=O) groups excluding carboxylic acids is 1. The monoisotopic (exact) mass is 573 g/mol. The van der Waals surface area contributed by atoms with Crippen molar-refractivity contribution in [1.82, 2.24) is 25.1 Å². The predicted octanol–water partition coefficient (Wildman–Crippen LogP) is 5.76. The number of aromatic nitrogens is 2. The SMILES string of the molecule is CN(C)CCNCc1ncc(-c2ccccc2Cl)c(C(=O)N(C)Cc2cc(C(F)(F)F)cc(C(F)(F)F)c2)n1. The first kappa shape index (κ1) is 30.3. The molecule has 0 saturated heterocycles. The molecule has 6 nitrogen and oxygen atoms in total. The number of halogens is 7. The zero-order valence-electron chi connectivity index (χ0n) is 21.3. The van der Waals surface area contributed by atoms with Gasteiger partial charge in [-0.2, -0.15) is 26.3 Å². The first-order valence-corrected chi connectivity index (χ1v) is 12.0. The fraction of sp³-hybridized carbons (Fsp3) is 0.346. The normalized spacial score (nSPS) is 12.2. The minimum Gasteiger partial charge on any atom is -0.336 e. The lowest BCUT2D eigenvalue weighted by Crippen LogP contribution is -2.30. The lowest BCUT2D eigenvalue weighted by Gasteiger charge is -2.21. The second-order valence-electron chi connectivity index (χ2n) is 9.08. The van der Waals surface area contributed by atoms with Crippen LogP contribution in [0.15, 0.2) is 48.7 Å². The summed E-state index contributed by atoms with van der Waals surface area (Å²) in [5, 5.41) is 3.46. The van der Waals surface area contributed by atoms with Gasteiger partial charge < -0.3 is 15.1 Å². The molecular formula is C26H26ClF6N5O. The minimum atomic E-state index is -5.00. The van der Waals surface area contributed by atoms with Crippen LogP contribution in [-0.4, -0.2) is 59.9 Å². The molecule has 2 aromatic carbocycles. The molecule has 0 aliphatic carbocycles. The Morgan fingerprint density at radius 1 is 0.949 bits per heavy atom. The Labute approximate surface area is 226 Å².